The van der Waals surface area contributed by atoms with Crippen molar-refractivity contribution in [2.75, 3.05) is 17.6 Å². The van der Waals surface area contributed by atoms with Crippen molar-refractivity contribution in [2.45, 2.75) is 30.7 Å². The molecule has 2 rings (SSSR count). The molecular formula is C11H17N3O2S. The van der Waals surface area contributed by atoms with Gasteiger partial charge in [-0.1, -0.05) is 6.92 Å². The number of benzene rings is 1. The zero-order valence-corrected chi connectivity index (χ0v) is 10.5. The highest BCUT2D eigenvalue weighted by atomic mass is 32.2. The van der Waals surface area contributed by atoms with E-state index in [2.05, 4.69) is 10.0 Å². The Balaban J connectivity index is 2.23. The van der Waals surface area contributed by atoms with Gasteiger partial charge in [0.05, 0.1) is 16.3 Å². The first-order valence-corrected chi connectivity index (χ1v) is 7.17. The fourth-order valence-electron chi connectivity index (χ4n) is 1.56. The maximum Gasteiger partial charge on any atom is 0.240 e. The third kappa shape index (κ3) is 2.89. The van der Waals surface area contributed by atoms with Crippen LogP contribution in [-0.4, -0.2) is 21.0 Å². The highest BCUT2D eigenvalue weighted by Crippen LogP contribution is 2.29. The zero-order valence-electron chi connectivity index (χ0n) is 9.73. The van der Waals surface area contributed by atoms with Crippen LogP contribution in [-0.2, 0) is 10.0 Å². The summed E-state index contributed by atoms with van der Waals surface area (Å²) in [4.78, 5) is 0.207. The van der Waals surface area contributed by atoms with E-state index in [1.807, 2.05) is 0 Å². The maximum absolute atomic E-state index is 11.7. The van der Waals surface area contributed by atoms with Gasteiger partial charge in [0.15, 0.2) is 0 Å². The summed E-state index contributed by atoms with van der Waals surface area (Å²) < 4.78 is 25.9. The summed E-state index contributed by atoms with van der Waals surface area (Å²) in [6.07, 6.45) is 2.30. The number of nitrogens with one attached hydrogen (secondary N) is 2. The van der Waals surface area contributed by atoms with E-state index < -0.39 is 10.0 Å². The van der Waals surface area contributed by atoms with E-state index in [0.29, 0.717) is 18.3 Å². The molecule has 0 amide bonds. The third-order valence-corrected chi connectivity index (χ3v) is 4.15. The van der Waals surface area contributed by atoms with Crippen LogP contribution in [0.15, 0.2) is 23.1 Å². The summed E-state index contributed by atoms with van der Waals surface area (Å²) in [7, 11) is -3.42. The van der Waals surface area contributed by atoms with Gasteiger partial charge < -0.3 is 11.1 Å². The molecule has 1 fully saturated rings. The lowest BCUT2D eigenvalue weighted by molar-refractivity contribution is 0.584. The first kappa shape index (κ1) is 12.2. The van der Waals surface area contributed by atoms with Gasteiger partial charge >= 0.3 is 0 Å². The molecule has 6 heteroatoms. The second-order valence-electron chi connectivity index (χ2n) is 4.17. The summed E-state index contributed by atoms with van der Waals surface area (Å²) in [5, 5.41) is 3.25. The second-order valence-corrected chi connectivity index (χ2v) is 5.94. The Morgan fingerprint density at radius 1 is 1.41 bits per heavy atom. The molecule has 0 unspecified atom stereocenters. The number of nitrogen functional groups attached to an aromatic ring is 1. The van der Waals surface area contributed by atoms with Gasteiger partial charge in [0.25, 0.3) is 0 Å². The molecule has 1 aliphatic rings. The van der Waals surface area contributed by atoms with Gasteiger partial charge in [-0.25, -0.2) is 13.1 Å². The second kappa shape index (κ2) is 4.54. The van der Waals surface area contributed by atoms with Crippen LogP contribution in [0.4, 0.5) is 11.4 Å². The standard InChI is InChI=1S/C11H17N3O2S/c1-2-13-17(15,16)9-5-6-11(10(12)7-9)14-8-3-4-8/h5-8,13-14H,2-4,12H2,1H3. The van der Waals surface area contributed by atoms with Crippen molar-refractivity contribution < 1.29 is 8.42 Å². The lowest BCUT2D eigenvalue weighted by Gasteiger charge is -2.10. The Morgan fingerprint density at radius 2 is 2.12 bits per heavy atom. The summed E-state index contributed by atoms with van der Waals surface area (Å²) in [5.74, 6) is 0. The van der Waals surface area contributed by atoms with Crippen molar-refractivity contribution >= 4 is 21.4 Å². The lowest BCUT2D eigenvalue weighted by Crippen LogP contribution is -2.23. The summed E-state index contributed by atoms with van der Waals surface area (Å²) in [6, 6.07) is 5.27. The molecule has 1 aromatic rings. The minimum Gasteiger partial charge on any atom is -0.397 e. The van der Waals surface area contributed by atoms with E-state index in [-0.39, 0.29) is 4.90 Å². The van der Waals surface area contributed by atoms with Crippen LogP contribution in [0.5, 0.6) is 0 Å². The molecule has 0 aliphatic heterocycles. The molecule has 0 bridgehead atoms. The van der Waals surface area contributed by atoms with E-state index in [1.165, 1.54) is 6.07 Å². The Morgan fingerprint density at radius 3 is 2.65 bits per heavy atom. The number of hydrogen-bond donors (Lipinski definition) is 3. The average Bonchev–Trinajstić information content (AvgIpc) is 3.04. The topological polar surface area (TPSA) is 84.2 Å². The van der Waals surface area contributed by atoms with E-state index in [0.717, 1.165) is 18.5 Å². The van der Waals surface area contributed by atoms with E-state index in [1.54, 1.807) is 19.1 Å². The van der Waals surface area contributed by atoms with Gasteiger partial charge in [0.2, 0.25) is 10.0 Å². The Labute approximate surface area is 101 Å². The van der Waals surface area contributed by atoms with Gasteiger partial charge in [0, 0.05) is 12.6 Å². The predicted octanol–water partition coefficient (Wildman–Crippen LogP) is 1.14. The molecule has 0 saturated heterocycles. The van der Waals surface area contributed by atoms with Crippen LogP contribution in [0.2, 0.25) is 0 Å². The molecule has 17 heavy (non-hydrogen) atoms. The van der Waals surface area contributed by atoms with Crippen LogP contribution >= 0.6 is 0 Å². The van der Waals surface area contributed by atoms with Crippen LogP contribution in [0.25, 0.3) is 0 Å². The van der Waals surface area contributed by atoms with Gasteiger partial charge in [-0.2, -0.15) is 0 Å². The first-order valence-electron chi connectivity index (χ1n) is 5.68. The van der Waals surface area contributed by atoms with Crippen molar-refractivity contribution in [3.63, 3.8) is 0 Å². The number of rotatable bonds is 5. The van der Waals surface area contributed by atoms with Gasteiger partial charge in [-0.05, 0) is 31.0 Å². The van der Waals surface area contributed by atoms with Crippen LogP contribution < -0.4 is 15.8 Å². The number of anilines is 2. The van der Waals surface area contributed by atoms with Gasteiger partial charge in [-0.3, -0.25) is 0 Å². The summed E-state index contributed by atoms with van der Waals surface area (Å²) in [6.45, 7) is 2.11. The molecule has 5 nitrogen and oxygen atoms in total. The van der Waals surface area contributed by atoms with E-state index >= 15 is 0 Å². The molecule has 4 N–H and O–H groups in total. The van der Waals surface area contributed by atoms with Crippen LogP contribution in [0.3, 0.4) is 0 Å². The Hall–Kier alpha value is -1.27. The van der Waals surface area contributed by atoms with Crippen molar-refractivity contribution in [1.29, 1.82) is 0 Å². The third-order valence-electron chi connectivity index (χ3n) is 2.60. The number of sulfonamides is 1. The van der Waals surface area contributed by atoms with Crippen LogP contribution in [0.1, 0.15) is 19.8 Å². The lowest BCUT2D eigenvalue weighted by atomic mass is 10.2. The monoisotopic (exact) mass is 255 g/mol. The summed E-state index contributed by atoms with van der Waals surface area (Å²) >= 11 is 0. The highest BCUT2D eigenvalue weighted by Gasteiger charge is 2.22. The number of hydrogen-bond acceptors (Lipinski definition) is 4. The normalized spacial score (nSPS) is 15.8. The SMILES string of the molecule is CCNS(=O)(=O)c1ccc(NC2CC2)c(N)c1. The van der Waals surface area contributed by atoms with Crippen molar-refractivity contribution in [2.24, 2.45) is 0 Å². The molecule has 0 aromatic heterocycles. The quantitative estimate of drug-likeness (QED) is 0.689. The molecule has 0 heterocycles. The predicted molar refractivity (Wildman–Crippen MR) is 68.4 cm³/mol. The molecule has 0 radical (unpaired) electrons. The van der Waals surface area contributed by atoms with Crippen molar-refractivity contribution in [3.8, 4) is 0 Å². The maximum atomic E-state index is 11.7. The Bertz CT molecular complexity index is 509. The fourth-order valence-corrected chi connectivity index (χ4v) is 2.64. The van der Waals surface area contributed by atoms with Crippen LogP contribution in [0, 0.1) is 0 Å². The molecule has 0 atom stereocenters. The highest BCUT2D eigenvalue weighted by molar-refractivity contribution is 7.89. The Kier molecular flexibility index (Phi) is 3.26. The molecule has 94 valence electrons. The minimum absolute atomic E-state index is 0.207. The van der Waals surface area contributed by atoms with Crippen molar-refractivity contribution in [3.05, 3.63) is 18.2 Å². The molecule has 0 spiro atoms. The average molecular weight is 255 g/mol. The zero-order chi connectivity index (χ0) is 12.5. The van der Waals surface area contributed by atoms with E-state index in [4.69, 9.17) is 5.73 Å². The fraction of sp³-hybridized carbons (Fsp3) is 0.455. The number of nitrogens with two attached hydrogens (primary N) is 1. The first-order chi connectivity index (χ1) is 8.03. The smallest absolute Gasteiger partial charge is 0.240 e. The summed E-state index contributed by atoms with van der Waals surface area (Å²) in [5.41, 5.74) is 7.11. The largest absolute Gasteiger partial charge is 0.397 e. The minimum atomic E-state index is -3.42. The molecule has 1 aromatic carbocycles. The van der Waals surface area contributed by atoms with Crippen molar-refractivity contribution in [1.82, 2.24) is 4.72 Å². The van der Waals surface area contributed by atoms with Gasteiger partial charge in [-0.15, -0.1) is 0 Å². The molecule has 1 aliphatic carbocycles. The van der Waals surface area contributed by atoms with E-state index in [9.17, 15) is 8.42 Å². The molecular weight excluding hydrogens is 238 g/mol. The van der Waals surface area contributed by atoms with Gasteiger partial charge in [0.1, 0.15) is 0 Å². The molecule has 1 saturated carbocycles.